The van der Waals surface area contributed by atoms with Gasteiger partial charge >= 0.3 is 0 Å². The molecule has 0 aromatic heterocycles. The Kier molecular flexibility index (Phi) is 13.7. The Balaban J connectivity index is 1.45. The largest absolute Gasteiger partial charge is 0.508 e. The van der Waals surface area contributed by atoms with Crippen molar-refractivity contribution in [3.63, 3.8) is 0 Å². The first-order valence-electron chi connectivity index (χ1n) is 17.0. The highest BCUT2D eigenvalue weighted by atomic mass is 33.1. The number of hydrogen-bond acceptors (Lipinski definition) is 12. The van der Waals surface area contributed by atoms with Gasteiger partial charge < -0.3 is 35.2 Å². The average Bonchev–Trinajstić information content (AvgIpc) is 3.12. The summed E-state index contributed by atoms with van der Waals surface area (Å²) in [6.07, 6.45) is -0.111. The van der Waals surface area contributed by atoms with Gasteiger partial charge in [0.15, 0.2) is 11.5 Å². The van der Waals surface area contributed by atoms with E-state index in [-0.39, 0.29) is 49.1 Å². The number of carbonyl (C=O) groups is 2. The highest BCUT2D eigenvalue weighted by Crippen LogP contribution is 2.45. The Morgan fingerprint density at radius 2 is 1.82 bits per heavy atom. The van der Waals surface area contributed by atoms with Crippen molar-refractivity contribution >= 4 is 49.6 Å². The minimum atomic E-state index is -0.633. The molecule has 0 fully saturated rings. The maximum atomic E-state index is 13.7. The van der Waals surface area contributed by atoms with Crippen molar-refractivity contribution in [3.05, 3.63) is 82.9 Å². The van der Waals surface area contributed by atoms with E-state index in [9.17, 15) is 30.0 Å². The molecule has 4 aromatic rings. The van der Waals surface area contributed by atoms with E-state index in [1.54, 1.807) is 52.9 Å². The number of aromatic hydroxyl groups is 2. The molecule has 1 heterocycles. The fourth-order valence-corrected chi connectivity index (χ4v) is 8.72. The van der Waals surface area contributed by atoms with Gasteiger partial charge in [-0.2, -0.15) is 0 Å². The lowest BCUT2D eigenvalue weighted by Crippen LogP contribution is -2.29. The number of carbonyl (C=O) groups excluding carboxylic acids is 2. The molecule has 51 heavy (non-hydrogen) atoms. The van der Waals surface area contributed by atoms with Crippen LogP contribution in [-0.4, -0.2) is 70.7 Å². The molecule has 1 aliphatic heterocycles. The van der Waals surface area contributed by atoms with Crippen molar-refractivity contribution < 1.29 is 39.5 Å². The molecule has 0 radical (unpaired) electrons. The van der Waals surface area contributed by atoms with Crippen LogP contribution in [0.25, 0.3) is 21.9 Å². The normalized spacial score (nSPS) is 18.1. The Labute approximate surface area is 306 Å². The Morgan fingerprint density at radius 3 is 2.57 bits per heavy atom. The van der Waals surface area contributed by atoms with Crippen molar-refractivity contribution in [2.45, 2.75) is 69.8 Å². The molecule has 4 aromatic carbocycles. The molecule has 5 rings (SSSR count). The second-order valence-electron chi connectivity index (χ2n) is 12.7. The van der Waals surface area contributed by atoms with E-state index in [0.29, 0.717) is 53.3 Å². The second-order valence-corrected chi connectivity index (χ2v) is 15.2. The van der Waals surface area contributed by atoms with Crippen LogP contribution in [0.4, 0.5) is 5.69 Å². The average molecular weight is 735 g/mol. The van der Waals surface area contributed by atoms with Gasteiger partial charge in [-0.05, 0) is 96.6 Å². The maximum absolute atomic E-state index is 13.7. The topological polar surface area (TPSA) is 158 Å². The van der Waals surface area contributed by atoms with Gasteiger partial charge in [0, 0.05) is 41.2 Å². The summed E-state index contributed by atoms with van der Waals surface area (Å²) >= 11 is 0. The Hall–Kier alpha value is -3.78. The Morgan fingerprint density at radius 1 is 1.02 bits per heavy atom. The molecule has 272 valence electrons. The summed E-state index contributed by atoms with van der Waals surface area (Å²) in [5.41, 5.74) is 5.37. The quantitative estimate of drug-likeness (QED) is 0.0805. The number of fused-ring (bicyclic) bond motifs is 5. The molecule has 0 saturated carbocycles. The zero-order valence-electron chi connectivity index (χ0n) is 29.1. The van der Waals surface area contributed by atoms with Crippen molar-refractivity contribution in [1.82, 2.24) is 5.32 Å². The molecule has 0 spiro atoms. The van der Waals surface area contributed by atoms with Crippen LogP contribution in [0.1, 0.15) is 61.1 Å². The van der Waals surface area contributed by atoms with Crippen LogP contribution in [-0.2, 0) is 33.1 Å². The number of aliphatic hydroxyl groups excluding tert-OH is 2. The molecule has 0 aliphatic carbocycles. The monoisotopic (exact) mass is 734 g/mol. The van der Waals surface area contributed by atoms with Crippen molar-refractivity contribution in [1.29, 1.82) is 0 Å². The summed E-state index contributed by atoms with van der Waals surface area (Å²) in [5, 5.41) is 50.4. The summed E-state index contributed by atoms with van der Waals surface area (Å²) in [7, 11) is 6.42. The standard InChI is InChI=1S/C39H46N2O8S2/c1-23(43)19-41-35-14-7-26(16-27(35)20-42)39(40-2)49-31-12-11-30(46)21-50-51-22-34-32(13-6-24-4-9-29(45)18-33(24)34)37-25(5-10-28(44)17-31)8-15-36(47)38(37)48-3/h4,6-9,13-16,18,30-31,39-42,45-47H,5,10-12,17,19-22H2,1-3H3/t30-,31-,39+/m0/s1. The van der Waals surface area contributed by atoms with Gasteiger partial charge in [-0.3, -0.25) is 14.9 Å². The molecular weight excluding hydrogens is 689 g/mol. The molecule has 0 unspecified atom stereocenters. The highest BCUT2D eigenvalue weighted by Gasteiger charge is 2.25. The number of hydrogen-bond donors (Lipinski definition) is 6. The second kappa shape index (κ2) is 18.1. The number of nitrogens with one attached hydrogen (secondary N) is 2. The number of benzene rings is 4. The van der Waals surface area contributed by atoms with E-state index in [0.717, 1.165) is 33.0 Å². The summed E-state index contributed by atoms with van der Waals surface area (Å²) in [5.74, 6) is 1.43. The summed E-state index contributed by atoms with van der Waals surface area (Å²) in [6, 6.07) is 18.1. The SMILES string of the molecule is CN[C@H](O[C@H]1CC[C@H](O)CSSCc2c(ccc3ccc(O)cc23)-c2c(ccc(O)c2OC)CCC(=O)C1)c1ccc(NCC(C)=O)c(CO)c1. The lowest BCUT2D eigenvalue weighted by Gasteiger charge is -2.26. The van der Waals surface area contributed by atoms with Crippen LogP contribution in [0.15, 0.2) is 60.7 Å². The summed E-state index contributed by atoms with van der Waals surface area (Å²) in [4.78, 5) is 25.2. The third-order valence-electron chi connectivity index (χ3n) is 9.03. The number of methoxy groups -OCH3 is 1. The molecule has 1 aliphatic rings. The lowest BCUT2D eigenvalue weighted by atomic mass is 9.89. The van der Waals surface area contributed by atoms with Crippen LogP contribution in [0.5, 0.6) is 17.2 Å². The third kappa shape index (κ3) is 9.76. The van der Waals surface area contributed by atoms with Gasteiger partial charge in [-0.15, -0.1) is 0 Å². The minimum Gasteiger partial charge on any atom is -0.508 e. The van der Waals surface area contributed by atoms with E-state index in [1.165, 1.54) is 14.0 Å². The van der Waals surface area contributed by atoms with E-state index >= 15 is 0 Å². The molecule has 0 saturated heterocycles. The van der Waals surface area contributed by atoms with E-state index in [4.69, 9.17) is 9.47 Å². The zero-order valence-corrected chi connectivity index (χ0v) is 30.7. The number of ketones is 2. The van der Waals surface area contributed by atoms with Crippen LogP contribution in [0, 0.1) is 0 Å². The smallest absolute Gasteiger partial charge is 0.168 e. The van der Waals surface area contributed by atoms with Crippen LogP contribution in [0.3, 0.4) is 0 Å². The third-order valence-corrected chi connectivity index (χ3v) is 11.4. The van der Waals surface area contributed by atoms with Gasteiger partial charge in [0.05, 0.1) is 32.5 Å². The van der Waals surface area contributed by atoms with Crippen LogP contribution < -0.4 is 15.4 Å². The number of rotatable bonds is 9. The Bertz CT molecular complexity index is 1850. The molecular formula is C39H46N2O8S2. The molecule has 3 atom stereocenters. The van der Waals surface area contributed by atoms with Crippen molar-refractivity contribution in [3.8, 4) is 28.4 Å². The predicted octanol–water partition coefficient (Wildman–Crippen LogP) is 6.65. The van der Waals surface area contributed by atoms with Crippen LogP contribution in [0.2, 0.25) is 0 Å². The predicted molar refractivity (Wildman–Crippen MR) is 204 cm³/mol. The lowest BCUT2D eigenvalue weighted by molar-refractivity contribution is -0.124. The maximum Gasteiger partial charge on any atom is 0.168 e. The molecule has 0 amide bonds. The number of anilines is 1. The minimum absolute atomic E-state index is 0.0113. The van der Waals surface area contributed by atoms with Gasteiger partial charge in [-0.1, -0.05) is 51.9 Å². The fraction of sp³-hybridized carbons (Fsp3) is 0.385. The first-order valence-corrected chi connectivity index (χ1v) is 19.5. The number of Topliss-reactive ketones (excluding diaryl/α,β-unsaturated/α-hetero) is 2. The number of phenols is 2. The fourth-order valence-electron chi connectivity index (χ4n) is 6.42. The summed E-state index contributed by atoms with van der Waals surface area (Å²) < 4.78 is 12.3. The van der Waals surface area contributed by atoms with E-state index in [1.807, 2.05) is 36.4 Å². The van der Waals surface area contributed by atoms with Crippen molar-refractivity contribution in [2.24, 2.45) is 0 Å². The number of ether oxygens (including phenoxy) is 2. The van der Waals surface area contributed by atoms with E-state index < -0.39 is 18.4 Å². The molecule has 12 heteroatoms. The number of aryl methyl sites for hydroxylation is 1. The molecule has 10 nitrogen and oxygen atoms in total. The van der Waals surface area contributed by atoms with Gasteiger partial charge in [0.2, 0.25) is 0 Å². The zero-order chi connectivity index (χ0) is 36.5. The van der Waals surface area contributed by atoms with Gasteiger partial charge in [0.1, 0.15) is 23.5 Å². The number of aliphatic hydroxyl groups is 2. The number of phenolic OH excluding ortho intramolecular Hbond substituents is 2. The molecule has 6 N–H and O–H groups in total. The first-order chi connectivity index (χ1) is 24.6. The summed E-state index contributed by atoms with van der Waals surface area (Å²) in [6.45, 7) is 1.40. The first kappa shape index (κ1) is 38.5. The molecule has 0 bridgehead atoms. The van der Waals surface area contributed by atoms with Crippen LogP contribution >= 0.6 is 21.6 Å². The highest BCUT2D eigenvalue weighted by molar-refractivity contribution is 8.76. The van der Waals surface area contributed by atoms with E-state index in [2.05, 4.69) is 10.6 Å². The van der Waals surface area contributed by atoms with Crippen molar-refractivity contribution in [2.75, 3.05) is 31.8 Å². The van der Waals surface area contributed by atoms with Gasteiger partial charge in [0.25, 0.3) is 0 Å². The van der Waals surface area contributed by atoms with Gasteiger partial charge in [-0.25, -0.2) is 0 Å².